The molecule has 34 heavy (non-hydrogen) atoms. The highest BCUT2D eigenvalue weighted by Crippen LogP contribution is 2.39. The molecule has 2 fully saturated rings. The molecular formula is C27H31N5O2. The number of anilines is 2. The highest BCUT2D eigenvalue weighted by atomic mass is 16.5. The normalized spacial score (nSPS) is 21.8. The van der Waals surface area contributed by atoms with Gasteiger partial charge in [0.1, 0.15) is 6.04 Å². The van der Waals surface area contributed by atoms with Crippen LogP contribution in [-0.2, 0) is 9.53 Å². The largest absolute Gasteiger partial charge is 0.383 e. The third kappa shape index (κ3) is 4.05. The van der Waals surface area contributed by atoms with Gasteiger partial charge < -0.3 is 19.9 Å². The lowest BCUT2D eigenvalue weighted by atomic mass is 9.94. The number of ether oxygens (including phenoxy) is 1. The number of nitrogens with zero attached hydrogens (tertiary/aromatic N) is 3. The van der Waals surface area contributed by atoms with E-state index < -0.39 is 0 Å². The van der Waals surface area contributed by atoms with E-state index in [4.69, 9.17) is 4.74 Å². The Morgan fingerprint density at radius 3 is 2.53 bits per heavy atom. The lowest BCUT2D eigenvalue weighted by Crippen LogP contribution is -2.37. The number of morpholine rings is 1. The Morgan fingerprint density at radius 1 is 0.971 bits per heavy atom. The molecule has 3 aliphatic rings. The van der Waals surface area contributed by atoms with Crippen molar-refractivity contribution in [1.29, 1.82) is 0 Å². The summed E-state index contributed by atoms with van der Waals surface area (Å²) in [5, 5.41) is 3.76. The van der Waals surface area contributed by atoms with E-state index in [1.54, 1.807) is 12.4 Å². The summed E-state index contributed by atoms with van der Waals surface area (Å²) in [5.74, 6) is 0.0134. The maximum absolute atomic E-state index is 13.4. The van der Waals surface area contributed by atoms with E-state index >= 15 is 0 Å². The summed E-state index contributed by atoms with van der Waals surface area (Å²) in [5.41, 5.74) is 6.02. The molecule has 1 aromatic heterocycles. The number of hydrogen-bond acceptors (Lipinski definition) is 5. The second-order valence-corrected chi connectivity index (χ2v) is 9.48. The van der Waals surface area contributed by atoms with Gasteiger partial charge in [0.05, 0.1) is 30.6 Å². The predicted octanol–water partition coefficient (Wildman–Crippen LogP) is 4.29. The Labute approximate surface area is 199 Å². The van der Waals surface area contributed by atoms with Crippen LogP contribution in [0.3, 0.4) is 0 Å². The number of imidazole rings is 1. The van der Waals surface area contributed by atoms with Gasteiger partial charge in [-0.3, -0.25) is 9.69 Å². The first kappa shape index (κ1) is 21.2. The molecule has 0 spiro atoms. The Hall–Kier alpha value is -3.32. The quantitative estimate of drug-likeness (QED) is 0.598. The number of aromatic amines is 1. The zero-order chi connectivity index (χ0) is 22.9. The van der Waals surface area contributed by atoms with Crippen LogP contribution in [0.5, 0.6) is 0 Å². The highest BCUT2D eigenvalue weighted by molar-refractivity contribution is 6.06. The van der Waals surface area contributed by atoms with Gasteiger partial charge in [-0.05, 0) is 48.7 Å². The van der Waals surface area contributed by atoms with E-state index in [1.165, 1.54) is 24.9 Å². The molecule has 2 aliphatic heterocycles. The molecule has 1 atom stereocenters. The van der Waals surface area contributed by atoms with Crippen LogP contribution in [0.4, 0.5) is 11.4 Å². The van der Waals surface area contributed by atoms with Crippen molar-refractivity contribution in [3.8, 4) is 0 Å². The molecular weight excluding hydrogens is 426 g/mol. The first-order valence-corrected chi connectivity index (χ1v) is 12.4. The summed E-state index contributed by atoms with van der Waals surface area (Å²) < 4.78 is 5.50. The third-order valence-electron chi connectivity index (χ3n) is 7.31. The van der Waals surface area contributed by atoms with E-state index in [0.29, 0.717) is 6.04 Å². The highest BCUT2D eigenvalue weighted by Gasteiger charge is 2.36. The number of carbonyl (C=O) groups is 1. The van der Waals surface area contributed by atoms with Gasteiger partial charge in [0.2, 0.25) is 0 Å². The van der Waals surface area contributed by atoms with Crippen LogP contribution in [0.1, 0.15) is 43.7 Å². The standard InChI is InChI=1S/C27H31N5O2/c33-26-17-25(30-20-4-2-1-3-5-20)27(32(26)22-10-11-23-24(16-22)29-18-28-23)19-6-8-21(9-7-19)31-12-14-34-15-13-31/h6-11,16-18,20,27,30H,1-5,12-15H2,(H,28,29). The number of aromatic nitrogens is 2. The number of benzene rings is 2. The second kappa shape index (κ2) is 9.14. The third-order valence-corrected chi connectivity index (χ3v) is 7.31. The number of fused-ring (bicyclic) bond motifs is 1. The minimum absolute atomic E-state index is 0.0134. The number of amides is 1. The second-order valence-electron chi connectivity index (χ2n) is 9.48. The monoisotopic (exact) mass is 457 g/mol. The molecule has 0 bridgehead atoms. The Balaban J connectivity index is 1.34. The van der Waals surface area contributed by atoms with Crippen LogP contribution in [0.2, 0.25) is 0 Å². The van der Waals surface area contributed by atoms with Gasteiger partial charge in [0.25, 0.3) is 5.91 Å². The molecule has 1 aliphatic carbocycles. The first-order chi connectivity index (χ1) is 16.8. The average molecular weight is 458 g/mol. The maximum Gasteiger partial charge on any atom is 0.253 e. The van der Waals surface area contributed by atoms with Crippen LogP contribution in [0.25, 0.3) is 11.0 Å². The smallest absolute Gasteiger partial charge is 0.253 e. The molecule has 1 unspecified atom stereocenters. The molecule has 7 nitrogen and oxygen atoms in total. The first-order valence-electron chi connectivity index (χ1n) is 12.4. The molecule has 6 rings (SSSR count). The van der Waals surface area contributed by atoms with Crippen molar-refractivity contribution in [3.63, 3.8) is 0 Å². The Bertz CT molecular complexity index is 1190. The SMILES string of the molecule is O=C1C=C(NC2CCCCC2)C(c2ccc(N3CCOCC3)cc2)N1c1ccc2nc[nH]c2c1. The number of rotatable bonds is 5. The fourth-order valence-electron chi connectivity index (χ4n) is 5.52. The van der Waals surface area contributed by atoms with E-state index in [2.05, 4.69) is 44.5 Å². The van der Waals surface area contributed by atoms with Crippen molar-refractivity contribution in [1.82, 2.24) is 15.3 Å². The molecule has 2 aromatic carbocycles. The fourth-order valence-corrected chi connectivity index (χ4v) is 5.52. The summed E-state index contributed by atoms with van der Waals surface area (Å²) in [6, 6.07) is 14.9. The summed E-state index contributed by atoms with van der Waals surface area (Å²) in [4.78, 5) is 25.1. The zero-order valence-electron chi connectivity index (χ0n) is 19.4. The van der Waals surface area contributed by atoms with Crippen molar-refractivity contribution in [3.05, 3.63) is 66.1 Å². The molecule has 7 heteroatoms. The van der Waals surface area contributed by atoms with Crippen LogP contribution in [-0.4, -0.2) is 48.2 Å². The minimum atomic E-state index is -0.173. The fraction of sp³-hybridized carbons (Fsp3) is 0.407. The predicted molar refractivity (Wildman–Crippen MR) is 134 cm³/mol. The number of H-pyrrole nitrogens is 1. The van der Waals surface area contributed by atoms with Crippen LogP contribution < -0.4 is 15.1 Å². The van der Waals surface area contributed by atoms with Gasteiger partial charge in [-0.25, -0.2) is 4.98 Å². The number of carbonyl (C=O) groups excluding carboxylic acids is 1. The van der Waals surface area contributed by atoms with Gasteiger partial charge in [-0.15, -0.1) is 0 Å². The van der Waals surface area contributed by atoms with Gasteiger partial charge in [0, 0.05) is 42.3 Å². The lowest BCUT2D eigenvalue weighted by Gasteiger charge is -2.32. The van der Waals surface area contributed by atoms with E-state index in [9.17, 15) is 4.79 Å². The van der Waals surface area contributed by atoms with Crippen LogP contribution in [0, 0.1) is 0 Å². The topological polar surface area (TPSA) is 73.5 Å². The molecule has 1 saturated carbocycles. The Kier molecular flexibility index (Phi) is 5.71. The van der Waals surface area contributed by atoms with Crippen LogP contribution >= 0.6 is 0 Å². The van der Waals surface area contributed by atoms with Crippen molar-refractivity contribution in [2.24, 2.45) is 0 Å². The molecule has 2 N–H and O–H groups in total. The number of hydrogen-bond donors (Lipinski definition) is 2. The molecule has 1 amide bonds. The summed E-state index contributed by atoms with van der Waals surface area (Å²) >= 11 is 0. The number of nitrogens with one attached hydrogen (secondary N) is 2. The van der Waals surface area contributed by atoms with Gasteiger partial charge in [0.15, 0.2) is 0 Å². The van der Waals surface area contributed by atoms with Crippen molar-refractivity contribution in [2.45, 2.75) is 44.2 Å². The minimum Gasteiger partial charge on any atom is -0.383 e. The molecule has 1 saturated heterocycles. The Morgan fingerprint density at radius 2 is 1.74 bits per heavy atom. The van der Waals surface area contributed by atoms with Gasteiger partial charge in [-0.1, -0.05) is 31.4 Å². The maximum atomic E-state index is 13.4. The summed E-state index contributed by atoms with van der Waals surface area (Å²) in [6.45, 7) is 3.35. The average Bonchev–Trinajstić information content (AvgIpc) is 3.48. The summed E-state index contributed by atoms with van der Waals surface area (Å²) in [6.07, 6.45) is 9.61. The summed E-state index contributed by atoms with van der Waals surface area (Å²) in [7, 11) is 0. The lowest BCUT2D eigenvalue weighted by molar-refractivity contribution is -0.113. The van der Waals surface area contributed by atoms with E-state index in [-0.39, 0.29) is 11.9 Å². The van der Waals surface area contributed by atoms with E-state index in [0.717, 1.165) is 67.1 Å². The van der Waals surface area contributed by atoms with Crippen molar-refractivity contribution >= 4 is 28.3 Å². The van der Waals surface area contributed by atoms with Gasteiger partial charge in [-0.2, -0.15) is 0 Å². The molecule has 3 heterocycles. The van der Waals surface area contributed by atoms with Crippen LogP contribution in [0.15, 0.2) is 60.6 Å². The van der Waals surface area contributed by atoms with Crippen molar-refractivity contribution < 1.29 is 9.53 Å². The van der Waals surface area contributed by atoms with E-state index in [1.807, 2.05) is 23.1 Å². The zero-order valence-corrected chi connectivity index (χ0v) is 19.4. The van der Waals surface area contributed by atoms with Gasteiger partial charge >= 0.3 is 0 Å². The molecule has 0 radical (unpaired) electrons. The molecule has 3 aromatic rings. The van der Waals surface area contributed by atoms with Crippen molar-refractivity contribution in [2.75, 3.05) is 36.1 Å². The molecule has 176 valence electrons.